The minimum absolute atomic E-state index is 0.0721. The summed E-state index contributed by atoms with van der Waals surface area (Å²) in [5.74, 6) is -1.60. The lowest BCUT2D eigenvalue weighted by Gasteiger charge is -1.99. The van der Waals surface area contributed by atoms with Gasteiger partial charge in [0, 0.05) is 6.61 Å². The average Bonchev–Trinajstić information content (AvgIpc) is 2.29. The fourth-order valence-electron chi connectivity index (χ4n) is 0.897. The molecule has 0 radical (unpaired) electrons. The lowest BCUT2D eigenvalue weighted by molar-refractivity contribution is 0.0600. The van der Waals surface area contributed by atoms with Crippen molar-refractivity contribution in [1.29, 1.82) is 0 Å². The van der Waals surface area contributed by atoms with Crippen molar-refractivity contribution < 1.29 is 24.5 Å². The smallest absolute Gasteiger partial charge is 0.337 e. The second kappa shape index (κ2) is 7.42. The van der Waals surface area contributed by atoms with Gasteiger partial charge >= 0.3 is 11.9 Å². The molecular weight excluding hydrogens is 212 g/mol. The largest absolute Gasteiger partial charge is 0.478 e. The molecule has 0 amide bonds. The first kappa shape index (κ1) is 14.1. The topological polar surface area (TPSA) is 83.8 Å². The quantitative estimate of drug-likeness (QED) is 0.739. The number of hydrogen-bond donors (Lipinski definition) is 2. The number of esters is 1. The van der Waals surface area contributed by atoms with E-state index in [1.807, 2.05) is 0 Å². The highest BCUT2D eigenvalue weighted by Gasteiger charge is 2.08. The maximum absolute atomic E-state index is 11.0. The number of ether oxygens (including phenoxy) is 1. The van der Waals surface area contributed by atoms with Crippen LogP contribution in [0.15, 0.2) is 24.3 Å². The molecule has 16 heavy (non-hydrogen) atoms. The summed E-state index contributed by atoms with van der Waals surface area (Å²) in [4.78, 5) is 21.5. The number of carboxylic acid groups (broad SMARTS) is 1. The van der Waals surface area contributed by atoms with Crippen LogP contribution in [0.1, 0.15) is 27.6 Å². The van der Waals surface area contributed by atoms with Gasteiger partial charge in [0.2, 0.25) is 0 Å². The number of aliphatic hydroxyl groups excluding tert-OH is 1. The summed E-state index contributed by atoms with van der Waals surface area (Å²) in [6.45, 7) is 1.93. The molecule has 5 nitrogen and oxygen atoms in total. The molecule has 0 fully saturated rings. The summed E-state index contributed by atoms with van der Waals surface area (Å²) in [5.41, 5.74) is 0.310. The van der Waals surface area contributed by atoms with E-state index < -0.39 is 11.9 Å². The maximum atomic E-state index is 11.0. The number of aromatic carboxylic acids is 1. The molecule has 0 bridgehead atoms. The molecule has 0 aliphatic carbocycles. The predicted octanol–water partition coefficient (Wildman–Crippen LogP) is 1.17. The Hall–Kier alpha value is -1.88. The predicted molar refractivity (Wildman–Crippen MR) is 57.5 cm³/mol. The third-order valence-corrected chi connectivity index (χ3v) is 1.53. The summed E-state index contributed by atoms with van der Waals surface area (Å²) in [5, 5.41) is 16.2. The number of hydrogen-bond acceptors (Lipinski definition) is 4. The second-order valence-electron chi connectivity index (χ2n) is 2.69. The van der Waals surface area contributed by atoms with Gasteiger partial charge in [0.15, 0.2) is 0 Å². The zero-order valence-electron chi connectivity index (χ0n) is 9.14. The van der Waals surface area contributed by atoms with Crippen LogP contribution in [0.5, 0.6) is 0 Å². The van der Waals surface area contributed by atoms with Gasteiger partial charge in [-0.25, -0.2) is 9.59 Å². The molecule has 0 saturated carbocycles. The van der Waals surface area contributed by atoms with E-state index in [4.69, 9.17) is 10.2 Å². The number of aliphatic hydroxyl groups is 1. The van der Waals surface area contributed by atoms with E-state index >= 15 is 0 Å². The van der Waals surface area contributed by atoms with Gasteiger partial charge in [-0.15, -0.1) is 0 Å². The highest BCUT2D eigenvalue weighted by atomic mass is 16.5. The summed E-state index contributed by atoms with van der Waals surface area (Å²) >= 11 is 0. The van der Waals surface area contributed by atoms with Crippen molar-refractivity contribution in [3.05, 3.63) is 35.4 Å². The number of benzene rings is 1. The molecule has 0 aliphatic rings. The third-order valence-electron chi connectivity index (χ3n) is 1.53. The minimum atomic E-state index is -1.06. The normalized spacial score (nSPS) is 8.69. The first-order valence-electron chi connectivity index (χ1n) is 4.59. The van der Waals surface area contributed by atoms with Gasteiger partial charge in [0.05, 0.1) is 18.2 Å². The fourth-order valence-corrected chi connectivity index (χ4v) is 0.897. The van der Waals surface area contributed by atoms with Crippen molar-refractivity contribution >= 4 is 11.9 Å². The van der Waals surface area contributed by atoms with Gasteiger partial charge in [-0.1, -0.05) is 6.07 Å². The summed E-state index contributed by atoms with van der Waals surface area (Å²) in [6.07, 6.45) is 0. The van der Waals surface area contributed by atoms with Crippen molar-refractivity contribution in [2.45, 2.75) is 6.92 Å². The number of carbonyl (C=O) groups is 2. The fraction of sp³-hybridized carbons (Fsp3) is 0.273. The first-order chi connectivity index (χ1) is 7.56. The lowest BCUT2D eigenvalue weighted by Crippen LogP contribution is -2.03. The summed E-state index contributed by atoms with van der Waals surface area (Å²) < 4.78 is 4.44. The van der Waals surface area contributed by atoms with Crippen LogP contribution in [0.25, 0.3) is 0 Å². The monoisotopic (exact) mass is 226 g/mol. The van der Waals surface area contributed by atoms with E-state index in [0.717, 1.165) is 0 Å². The molecule has 0 heterocycles. The molecule has 88 valence electrons. The SMILES string of the molecule is CCO.COC(=O)c1cccc(C(=O)O)c1. The van der Waals surface area contributed by atoms with Crippen molar-refractivity contribution in [2.24, 2.45) is 0 Å². The highest BCUT2D eigenvalue weighted by molar-refractivity contribution is 5.94. The molecular formula is C11H14O5. The van der Waals surface area contributed by atoms with Crippen molar-refractivity contribution in [2.75, 3.05) is 13.7 Å². The van der Waals surface area contributed by atoms with Crippen molar-refractivity contribution in [3.63, 3.8) is 0 Å². The first-order valence-corrected chi connectivity index (χ1v) is 4.59. The van der Waals surface area contributed by atoms with Crippen molar-refractivity contribution in [1.82, 2.24) is 0 Å². The molecule has 5 heteroatoms. The Morgan fingerprint density at radius 2 is 1.81 bits per heavy atom. The van der Waals surface area contributed by atoms with Crippen LogP contribution in [-0.4, -0.2) is 35.9 Å². The third kappa shape index (κ3) is 4.56. The van der Waals surface area contributed by atoms with Gasteiger partial charge in [-0.3, -0.25) is 0 Å². The Morgan fingerprint density at radius 3 is 2.25 bits per heavy atom. The maximum Gasteiger partial charge on any atom is 0.337 e. The zero-order valence-corrected chi connectivity index (χ0v) is 9.14. The van der Waals surface area contributed by atoms with Crippen molar-refractivity contribution in [3.8, 4) is 0 Å². The number of carbonyl (C=O) groups excluding carboxylic acids is 1. The van der Waals surface area contributed by atoms with E-state index in [2.05, 4.69) is 4.74 Å². The molecule has 0 saturated heterocycles. The van der Waals surface area contributed by atoms with E-state index in [1.54, 1.807) is 6.92 Å². The molecule has 0 unspecified atom stereocenters. The molecule has 0 aromatic heterocycles. The molecule has 1 rings (SSSR count). The van der Waals surface area contributed by atoms with Gasteiger partial charge in [0.25, 0.3) is 0 Å². The minimum Gasteiger partial charge on any atom is -0.478 e. The Morgan fingerprint density at radius 1 is 1.31 bits per heavy atom. The summed E-state index contributed by atoms with van der Waals surface area (Å²) in [6, 6.07) is 5.68. The highest BCUT2D eigenvalue weighted by Crippen LogP contribution is 2.06. The van der Waals surface area contributed by atoms with E-state index in [-0.39, 0.29) is 17.7 Å². The Kier molecular flexibility index (Phi) is 6.55. The molecule has 0 spiro atoms. The van der Waals surface area contributed by atoms with Gasteiger partial charge in [-0.05, 0) is 25.1 Å². The second-order valence-corrected chi connectivity index (χ2v) is 2.69. The zero-order chi connectivity index (χ0) is 12.6. The lowest BCUT2D eigenvalue weighted by atomic mass is 10.1. The Labute approximate surface area is 93.3 Å². The van der Waals surface area contributed by atoms with Crippen LogP contribution in [0.3, 0.4) is 0 Å². The van der Waals surface area contributed by atoms with Crippen LogP contribution in [0, 0.1) is 0 Å². The Bertz CT molecular complexity index is 359. The van der Waals surface area contributed by atoms with Gasteiger partial charge in [-0.2, -0.15) is 0 Å². The van der Waals surface area contributed by atoms with E-state index in [9.17, 15) is 9.59 Å². The molecule has 0 atom stereocenters. The van der Waals surface area contributed by atoms with Crippen LogP contribution < -0.4 is 0 Å². The van der Waals surface area contributed by atoms with Crippen LogP contribution >= 0.6 is 0 Å². The van der Waals surface area contributed by atoms with Crippen LogP contribution in [-0.2, 0) is 4.74 Å². The number of carboxylic acids is 1. The molecule has 2 N–H and O–H groups in total. The summed E-state index contributed by atoms with van der Waals surface area (Å²) in [7, 11) is 1.25. The average molecular weight is 226 g/mol. The van der Waals surface area contributed by atoms with E-state index in [0.29, 0.717) is 0 Å². The Balaban J connectivity index is 0.000000673. The molecule has 1 aromatic carbocycles. The standard InChI is InChI=1S/C9H8O4.C2H6O/c1-13-9(12)7-4-2-3-6(5-7)8(10)11;1-2-3/h2-5H,1H3,(H,10,11);3H,2H2,1H3. The van der Waals surface area contributed by atoms with Crippen LogP contribution in [0.4, 0.5) is 0 Å². The van der Waals surface area contributed by atoms with Gasteiger partial charge in [0.1, 0.15) is 0 Å². The van der Waals surface area contributed by atoms with Crippen LogP contribution in [0.2, 0.25) is 0 Å². The molecule has 1 aromatic rings. The van der Waals surface area contributed by atoms with Gasteiger partial charge < -0.3 is 14.9 Å². The van der Waals surface area contributed by atoms with E-state index in [1.165, 1.54) is 31.4 Å². The molecule has 0 aliphatic heterocycles. The number of methoxy groups -OCH3 is 1. The number of rotatable bonds is 2.